The summed E-state index contributed by atoms with van der Waals surface area (Å²) >= 11 is 0. The van der Waals surface area contributed by atoms with Crippen molar-refractivity contribution in [2.45, 2.75) is 0 Å². The number of hydrogen-bond donors (Lipinski definition) is 0. The highest BCUT2D eigenvalue weighted by atomic mass is 16.3. The van der Waals surface area contributed by atoms with Gasteiger partial charge in [-0.05, 0) is 56.9 Å². The van der Waals surface area contributed by atoms with Crippen LogP contribution in [0.5, 0.6) is 0 Å². The molecule has 50 heavy (non-hydrogen) atoms. The van der Waals surface area contributed by atoms with E-state index < -0.39 is 0 Å². The topological polar surface area (TPSA) is 51.8 Å². The SMILES string of the molecule is [B]c1c([B])c([B])c(-c2nc(-c3ccccc3)nc(-c3ccc(-c4cccc5oc6cc7ccccc7cc6c45)c4ccccc34)n2)c([B])c1[B]. The molecule has 10 radical (unpaired) electrons. The van der Waals surface area contributed by atoms with Gasteiger partial charge in [0.25, 0.3) is 0 Å². The van der Waals surface area contributed by atoms with E-state index in [0.29, 0.717) is 17.2 Å². The normalized spacial score (nSPS) is 11.6. The Kier molecular flexibility index (Phi) is 7.06. The molecule has 220 valence electrons. The highest BCUT2D eigenvalue weighted by Gasteiger charge is 2.21. The molecule has 7 aromatic carbocycles. The Morgan fingerprint density at radius 1 is 0.400 bits per heavy atom. The minimum Gasteiger partial charge on any atom is -0.456 e. The monoisotopic (exact) mass is 625 g/mol. The Balaban J connectivity index is 1.29. The summed E-state index contributed by atoms with van der Waals surface area (Å²) in [5.41, 5.74) is 6.36. The molecule has 2 heterocycles. The Morgan fingerprint density at radius 2 is 0.980 bits per heavy atom. The summed E-state index contributed by atoms with van der Waals surface area (Å²) in [5.74, 6) is 1.11. The van der Waals surface area contributed by atoms with Gasteiger partial charge in [0, 0.05) is 27.5 Å². The van der Waals surface area contributed by atoms with E-state index in [1.807, 2.05) is 66.7 Å². The second kappa shape index (κ2) is 11.7. The van der Waals surface area contributed by atoms with E-state index in [9.17, 15) is 0 Å². The molecule has 0 amide bonds. The van der Waals surface area contributed by atoms with Crippen molar-refractivity contribution in [2.24, 2.45) is 0 Å². The molecule has 0 atom stereocenters. The number of furan rings is 1. The van der Waals surface area contributed by atoms with Gasteiger partial charge in [0.1, 0.15) is 50.4 Å². The van der Waals surface area contributed by atoms with E-state index in [1.54, 1.807) is 0 Å². The van der Waals surface area contributed by atoms with Crippen molar-refractivity contribution in [1.29, 1.82) is 0 Å². The molecule has 0 fully saturated rings. The molecule has 9 heteroatoms. The van der Waals surface area contributed by atoms with E-state index in [4.69, 9.17) is 58.6 Å². The molecule has 0 aliphatic carbocycles. The molecule has 0 N–H and O–H groups in total. The van der Waals surface area contributed by atoms with Gasteiger partial charge in [-0.15, -0.1) is 16.4 Å². The fourth-order valence-corrected chi connectivity index (χ4v) is 6.88. The lowest BCUT2D eigenvalue weighted by atomic mass is 9.60. The lowest BCUT2D eigenvalue weighted by molar-refractivity contribution is 0.669. The lowest BCUT2D eigenvalue weighted by Gasteiger charge is -2.21. The summed E-state index contributed by atoms with van der Waals surface area (Å²) in [6, 6.07) is 40.9. The van der Waals surface area contributed by atoms with Crippen molar-refractivity contribution in [3.63, 3.8) is 0 Å². The minimum absolute atomic E-state index is 0.122. The van der Waals surface area contributed by atoms with Crippen LogP contribution in [0.1, 0.15) is 0 Å². The average Bonchev–Trinajstić information content (AvgIpc) is 3.53. The van der Waals surface area contributed by atoms with E-state index >= 15 is 0 Å². The molecular formula is C41H20B5N3O. The zero-order valence-corrected chi connectivity index (χ0v) is 26.7. The van der Waals surface area contributed by atoms with Crippen LogP contribution < -0.4 is 27.3 Å². The second-order valence-corrected chi connectivity index (χ2v) is 12.3. The van der Waals surface area contributed by atoms with Crippen molar-refractivity contribution in [2.75, 3.05) is 0 Å². The Bertz CT molecular complexity index is 2810. The number of rotatable bonds is 4. The highest BCUT2D eigenvalue weighted by Crippen LogP contribution is 2.42. The fraction of sp³-hybridized carbons (Fsp3) is 0. The lowest BCUT2D eigenvalue weighted by Crippen LogP contribution is -2.55. The van der Waals surface area contributed by atoms with Gasteiger partial charge in [-0.2, -0.15) is 0 Å². The van der Waals surface area contributed by atoms with Crippen LogP contribution in [0.2, 0.25) is 0 Å². The molecule has 0 saturated carbocycles. The standard InChI is InChI=1S/C41H20B5N3O/c42-34-33(35(43)37(45)38(46)36(34)44)41-48-39(21-9-2-1-3-10-21)47-40(49-41)28-18-17-26(24-13-6-7-14-25(24)28)27-15-8-16-30-32(27)29-19-22-11-4-5-12-23(22)20-31(29)50-30/h1-20H. The maximum atomic E-state index is 6.50. The third kappa shape index (κ3) is 4.72. The van der Waals surface area contributed by atoms with Crippen LogP contribution in [0.3, 0.4) is 0 Å². The first-order chi connectivity index (χ1) is 24.4. The van der Waals surface area contributed by atoms with Crippen LogP contribution in [-0.2, 0) is 0 Å². The predicted octanol–water partition coefficient (Wildman–Crippen LogP) is 4.71. The van der Waals surface area contributed by atoms with Crippen LogP contribution in [0.15, 0.2) is 126 Å². The third-order valence-electron chi connectivity index (χ3n) is 9.41. The smallest absolute Gasteiger partial charge is 0.164 e. The summed E-state index contributed by atoms with van der Waals surface area (Å²) in [6.07, 6.45) is 0. The summed E-state index contributed by atoms with van der Waals surface area (Å²) in [4.78, 5) is 14.7. The van der Waals surface area contributed by atoms with Gasteiger partial charge in [-0.3, -0.25) is 0 Å². The predicted molar refractivity (Wildman–Crippen MR) is 211 cm³/mol. The van der Waals surface area contributed by atoms with E-state index in [-0.39, 0.29) is 33.1 Å². The van der Waals surface area contributed by atoms with Crippen molar-refractivity contribution < 1.29 is 4.42 Å². The largest absolute Gasteiger partial charge is 0.456 e. The van der Waals surface area contributed by atoms with E-state index in [0.717, 1.165) is 65.7 Å². The summed E-state index contributed by atoms with van der Waals surface area (Å²) < 4.78 is 6.41. The summed E-state index contributed by atoms with van der Waals surface area (Å²) in [5, 5.41) is 6.39. The van der Waals surface area contributed by atoms with Gasteiger partial charge in [0.05, 0.1) is 0 Å². The minimum atomic E-state index is 0.122. The highest BCUT2D eigenvalue weighted by molar-refractivity contribution is 6.68. The maximum absolute atomic E-state index is 6.50. The molecule has 0 aliphatic heterocycles. The molecule has 0 bridgehead atoms. The molecule has 0 unspecified atom stereocenters. The van der Waals surface area contributed by atoms with Gasteiger partial charge >= 0.3 is 0 Å². The maximum Gasteiger partial charge on any atom is 0.164 e. The van der Waals surface area contributed by atoms with Crippen molar-refractivity contribution >= 4 is 110 Å². The summed E-state index contributed by atoms with van der Waals surface area (Å²) in [6.45, 7) is 0. The summed E-state index contributed by atoms with van der Waals surface area (Å²) in [7, 11) is 31.6. The van der Waals surface area contributed by atoms with Crippen LogP contribution in [-0.4, -0.2) is 54.2 Å². The molecule has 9 aromatic rings. The molecule has 0 spiro atoms. The van der Waals surface area contributed by atoms with Gasteiger partial charge < -0.3 is 4.42 Å². The number of hydrogen-bond acceptors (Lipinski definition) is 4. The third-order valence-corrected chi connectivity index (χ3v) is 9.41. The number of nitrogens with zero attached hydrogens (tertiary/aromatic N) is 3. The van der Waals surface area contributed by atoms with Crippen LogP contribution in [0.4, 0.5) is 0 Å². The quantitative estimate of drug-likeness (QED) is 0.266. The molecule has 0 saturated heterocycles. The van der Waals surface area contributed by atoms with E-state index in [1.165, 1.54) is 0 Å². The fourth-order valence-electron chi connectivity index (χ4n) is 6.88. The Morgan fingerprint density at radius 3 is 1.72 bits per heavy atom. The van der Waals surface area contributed by atoms with Gasteiger partial charge in [-0.1, -0.05) is 108 Å². The molecule has 0 aliphatic rings. The second-order valence-electron chi connectivity index (χ2n) is 12.3. The number of benzene rings is 7. The molecule has 4 nitrogen and oxygen atoms in total. The molecule has 2 aromatic heterocycles. The Hall–Kier alpha value is -5.81. The van der Waals surface area contributed by atoms with Crippen molar-refractivity contribution in [3.8, 4) is 45.3 Å². The van der Waals surface area contributed by atoms with Crippen LogP contribution in [0, 0.1) is 0 Å². The zero-order valence-electron chi connectivity index (χ0n) is 26.7. The van der Waals surface area contributed by atoms with E-state index in [2.05, 4.69) is 54.6 Å². The number of aromatic nitrogens is 3. The first-order valence-corrected chi connectivity index (χ1v) is 16.1. The average molecular weight is 625 g/mol. The molecular weight excluding hydrogens is 605 g/mol. The first-order valence-electron chi connectivity index (χ1n) is 16.1. The first kappa shape index (κ1) is 30.3. The van der Waals surface area contributed by atoms with Gasteiger partial charge in [0.15, 0.2) is 17.5 Å². The number of fused-ring (bicyclic) bond motifs is 5. The van der Waals surface area contributed by atoms with Crippen molar-refractivity contribution in [3.05, 3.63) is 121 Å². The van der Waals surface area contributed by atoms with Crippen LogP contribution >= 0.6 is 0 Å². The van der Waals surface area contributed by atoms with Crippen LogP contribution in [0.25, 0.3) is 88.8 Å². The van der Waals surface area contributed by atoms with Crippen molar-refractivity contribution in [1.82, 2.24) is 15.0 Å². The zero-order chi connectivity index (χ0) is 34.1. The van der Waals surface area contributed by atoms with Gasteiger partial charge in [0.2, 0.25) is 0 Å². The molecule has 9 rings (SSSR count). The Labute approximate surface area is 295 Å². The van der Waals surface area contributed by atoms with Gasteiger partial charge in [-0.25, -0.2) is 15.0 Å².